The SMILES string of the molecule is CCNCC1CCCCCC1c1cc(F)ccc1F. The zero-order valence-corrected chi connectivity index (χ0v) is 11.6. The Kier molecular flexibility index (Phi) is 5.32. The van der Waals surface area contributed by atoms with Gasteiger partial charge in [0.15, 0.2) is 0 Å². The Morgan fingerprint density at radius 1 is 1.16 bits per heavy atom. The summed E-state index contributed by atoms with van der Waals surface area (Å²) in [5, 5.41) is 3.36. The molecule has 1 fully saturated rings. The van der Waals surface area contributed by atoms with Crippen LogP contribution in [0, 0.1) is 17.6 Å². The first-order valence-electron chi connectivity index (χ1n) is 7.38. The minimum atomic E-state index is -0.331. The van der Waals surface area contributed by atoms with E-state index in [-0.39, 0.29) is 17.6 Å². The van der Waals surface area contributed by atoms with Crippen LogP contribution in [-0.4, -0.2) is 13.1 Å². The molecule has 3 heteroatoms. The summed E-state index contributed by atoms with van der Waals surface area (Å²) in [4.78, 5) is 0. The Morgan fingerprint density at radius 2 is 1.95 bits per heavy atom. The highest BCUT2D eigenvalue weighted by atomic mass is 19.1. The standard InChI is InChI=1S/C16H23F2N/c1-2-19-11-12-6-4-3-5-7-14(12)15-10-13(17)8-9-16(15)18/h8-10,12,14,19H,2-7,11H2,1H3. The second-order valence-corrected chi connectivity index (χ2v) is 5.48. The van der Waals surface area contributed by atoms with Gasteiger partial charge in [0.2, 0.25) is 0 Å². The molecular formula is C16H23F2N. The Bertz CT molecular complexity index is 406. The lowest BCUT2D eigenvalue weighted by molar-refractivity contribution is 0.368. The highest BCUT2D eigenvalue weighted by Gasteiger charge is 2.27. The molecule has 106 valence electrons. The van der Waals surface area contributed by atoms with E-state index in [1.807, 2.05) is 0 Å². The summed E-state index contributed by atoms with van der Waals surface area (Å²) in [5.41, 5.74) is 0.574. The van der Waals surface area contributed by atoms with Crippen molar-refractivity contribution in [2.75, 3.05) is 13.1 Å². The van der Waals surface area contributed by atoms with Gasteiger partial charge in [0.1, 0.15) is 11.6 Å². The Balaban J connectivity index is 2.23. The first-order valence-corrected chi connectivity index (χ1v) is 7.38. The zero-order chi connectivity index (χ0) is 13.7. The van der Waals surface area contributed by atoms with Crippen LogP contribution >= 0.6 is 0 Å². The quantitative estimate of drug-likeness (QED) is 0.805. The number of rotatable bonds is 4. The van der Waals surface area contributed by atoms with Crippen LogP contribution in [0.3, 0.4) is 0 Å². The van der Waals surface area contributed by atoms with Crippen molar-refractivity contribution < 1.29 is 8.78 Å². The molecule has 0 bridgehead atoms. The molecule has 2 rings (SSSR count). The van der Waals surface area contributed by atoms with E-state index >= 15 is 0 Å². The molecule has 0 saturated heterocycles. The van der Waals surface area contributed by atoms with Crippen molar-refractivity contribution in [3.8, 4) is 0 Å². The summed E-state index contributed by atoms with van der Waals surface area (Å²) in [7, 11) is 0. The zero-order valence-electron chi connectivity index (χ0n) is 11.6. The van der Waals surface area contributed by atoms with Gasteiger partial charge in [-0.1, -0.05) is 26.2 Å². The van der Waals surface area contributed by atoms with Crippen molar-refractivity contribution in [1.29, 1.82) is 0 Å². The van der Waals surface area contributed by atoms with E-state index in [9.17, 15) is 8.78 Å². The van der Waals surface area contributed by atoms with Gasteiger partial charge >= 0.3 is 0 Å². The van der Waals surface area contributed by atoms with E-state index in [1.54, 1.807) is 0 Å². The van der Waals surface area contributed by atoms with Crippen LogP contribution in [0.2, 0.25) is 0 Å². The molecule has 1 aromatic carbocycles. The van der Waals surface area contributed by atoms with E-state index in [2.05, 4.69) is 12.2 Å². The van der Waals surface area contributed by atoms with Crippen LogP contribution in [0.15, 0.2) is 18.2 Å². The first kappa shape index (κ1) is 14.4. The number of hydrogen-bond donors (Lipinski definition) is 1. The fraction of sp³-hybridized carbons (Fsp3) is 0.625. The molecule has 19 heavy (non-hydrogen) atoms. The van der Waals surface area contributed by atoms with Crippen molar-refractivity contribution >= 4 is 0 Å². The van der Waals surface area contributed by atoms with Crippen LogP contribution in [0.1, 0.15) is 50.5 Å². The molecule has 0 heterocycles. The molecule has 1 aromatic rings. The summed E-state index contributed by atoms with van der Waals surface area (Å²) >= 11 is 0. The molecule has 1 nitrogen and oxygen atoms in total. The van der Waals surface area contributed by atoms with Gasteiger partial charge in [-0.25, -0.2) is 8.78 Å². The number of benzene rings is 1. The van der Waals surface area contributed by atoms with Gasteiger partial charge in [-0.3, -0.25) is 0 Å². The molecule has 0 aromatic heterocycles. The summed E-state index contributed by atoms with van der Waals surface area (Å²) in [6, 6.07) is 3.86. The maximum atomic E-state index is 14.0. The van der Waals surface area contributed by atoms with E-state index in [1.165, 1.54) is 31.0 Å². The minimum Gasteiger partial charge on any atom is -0.317 e. The van der Waals surface area contributed by atoms with Crippen molar-refractivity contribution in [1.82, 2.24) is 5.32 Å². The second kappa shape index (κ2) is 6.99. The Hall–Kier alpha value is -0.960. The lowest BCUT2D eigenvalue weighted by Crippen LogP contribution is -2.27. The number of nitrogens with one attached hydrogen (secondary N) is 1. The third kappa shape index (κ3) is 3.75. The third-order valence-corrected chi connectivity index (χ3v) is 4.17. The summed E-state index contributed by atoms with van der Waals surface area (Å²) in [5.74, 6) is -0.0198. The molecule has 0 spiro atoms. The van der Waals surface area contributed by atoms with Gasteiger partial charge < -0.3 is 5.32 Å². The Morgan fingerprint density at radius 3 is 2.74 bits per heavy atom. The smallest absolute Gasteiger partial charge is 0.126 e. The molecular weight excluding hydrogens is 244 g/mol. The molecule has 0 radical (unpaired) electrons. The number of halogens is 2. The lowest BCUT2D eigenvalue weighted by atomic mass is 9.82. The van der Waals surface area contributed by atoms with E-state index < -0.39 is 0 Å². The van der Waals surface area contributed by atoms with Crippen molar-refractivity contribution in [2.24, 2.45) is 5.92 Å². The van der Waals surface area contributed by atoms with E-state index in [0.717, 1.165) is 32.4 Å². The van der Waals surface area contributed by atoms with Crippen molar-refractivity contribution in [2.45, 2.75) is 44.9 Å². The van der Waals surface area contributed by atoms with Gasteiger partial charge in [-0.15, -0.1) is 0 Å². The van der Waals surface area contributed by atoms with Gasteiger partial charge in [-0.2, -0.15) is 0 Å². The number of hydrogen-bond acceptors (Lipinski definition) is 1. The minimum absolute atomic E-state index is 0.150. The fourth-order valence-corrected chi connectivity index (χ4v) is 3.17. The first-order chi connectivity index (χ1) is 9.22. The Labute approximate surface area is 114 Å². The van der Waals surface area contributed by atoms with Gasteiger partial charge in [0.05, 0.1) is 0 Å². The van der Waals surface area contributed by atoms with Crippen LogP contribution in [0.5, 0.6) is 0 Å². The highest BCUT2D eigenvalue weighted by molar-refractivity contribution is 5.24. The van der Waals surface area contributed by atoms with Crippen LogP contribution in [0.25, 0.3) is 0 Å². The molecule has 1 N–H and O–H groups in total. The van der Waals surface area contributed by atoms with E-state index in [4.69, 9.17) is 0 Å². The van der Waals surface area contributed by atoms with E-state index in [0.29, 0.717) is 11.5 Å². The highest BCUT2D eigenvalue weighted by Crippen LogP contribution is 2.37. The predicted octanol–water partition coefficient (Wildman–Crippen LogP) is 4.24. The summed E-state index contributed by atoms with van der Waals surface area (Å²) < 4.78 is 27.4. The maximum absolute atomic E-state index is 14.0. The van der Waals surface area contributed by atoms with Gasteiger partial charge in [0, 0.05) is 0 Å². The molecule has 2 atom stereocenters. The summed E-state index contributed by atoms with van der Waals surface area (Å²) in [6.07, 6.45) is 5.59. The normalized spacial score (nSPS) is 24.2. The molecule has 0 aliphatic heterocycles. The van der Waals surface area contributed by atoms with Crippen LogP contribution in [-0.2, 0) is 0 Å². The third-order valence-electron chi connectivity index (χ3n) is 4.17. The largest absolute Gasteiger partial charge is 0.317 e. The molecule has 0 amide bonds. The molecule has 1 aliphatic carbocycles. The molecule has 1 aliphatic rings. The predicted molar refractivity (Wildman–Crippen MR) is 74.2 cm³/mol. The average Bonchev–Trinajstić information content (AvgIpc) is 2.64. The van der Waals surface area contributed by atoms with Crippen LogP contribution < -0.4 is 5.32 Å². The topological polar surface area (TPSA) is 12.0 Å². The monoisotopic (exact) mass is 267 g/mol. The fourth-order valence-electron chi connectivity index (χ4n) is 3.17. The van der Waals surface area contributed by atoms with Crippen molar-refractivity contribution in [3.05, 3.63) is 35.4 Å². The average molecular weight is 267 g/mol. The second-order valence-electron chi connectivity index (χ2n) is 5.48. The van der Waals surface area contributed by atoms with Gasteiger partial charge in [0.25, 0.3) is 0 Å². The van der Waals surface area contributed by atoms with Crippen molar-refractivity contribution in [3.63, 3.8) is 0 Å². The molecule has 1 saturated carbocycles. The maximum Gasteiger partial charge on any atom is 0.126 e. The lowest BCUT2D eigenvalue weighted by Gasteiger charge is -2.26. The van der Waals surface area contributed by atoms with Crippen LogP contribution in [0.4, 0.5) is 8.78 Å². The molecule has 2 unspecified atom stereocenters. The van der Waals surface area contributed by atoms with Gasteiger partial charge in [-0.05, 0) is 61.5 Å². The summed E-state index contributed by atoms with van der Waals surface area (Å²) in [6.45, 7) is 3.90.